The predicted molar refractivity (Wildman–Crippen MR) is 97.1 cm³/mol. The van der Waals surface area contributed by atoms with Gasteiger partial charge in [0.15, 0.2) is 0 Å². The Hall–Kier alpha value is -2.62. The van der Waals surface area contributed by atoms with E-state index in [1.165, 1.54) is 0 Å². The lowest BCUT2D eigenvalue weighted by atomic mass is 10.1. The van der Waals surface area contributed by atoms with Crippen LogP contribution in [0.3, 0.4) is 0 Å². The van der Waals surface area contributed by atoms with E-state index in [-0.39, 0.29) is 11.8 Å². The number of nitrogens with one attached hydrogen (secondary N) is 2. The molecule has 2 N–H and O–H groups in total. The number of carbonyl (C=O) groups is 2. The maximum atomic E-state index is 12.0. The van der Waals surface area contributed by atoms with E-state index in [1.807, 2.05) is 30.3 Å². The van der Waals surface area contributed by atoms with Crippen molar-refractivity contribution in [3.05, 3.63) is 65.7 Å². The van der Waals surface area contributed by atoms with Crippen molar-refractivity contribution in [1.29, 1.82) is 0 Å². The number of amides is 2. The van der Waals surface area contributed by atoms with Gasteiger partial charge in [0.25, 0.3) is 5.91 Å². The van der Waals surface area contributed by atoms with Gasteiger partial charge in [-0.25, -0.2) is 0 Å². The third kappa shape index (κ3) is 5.88. The summed E-state index contributed by atoms with van der Waals surface area (Å²) in [5.41, 5.74) is 2.46. The van der Waals surface area contributed by atoms with Crippen LogP contribution < -0.4 is 10.6 Å². The second-order valence-corrected chi connectivity index (χ2v) is 5.72. The van der Waals surface area contributed by atoms with Gasteiger partial charge in [-0.15, -0.1) is 0 Å². The second-order valence-electron chi connectivity index (χ2n) is 5.72. The fourth-order valence-electron chi connectivity index (χ4n) is 2.31. The molecular formula is C20H24N2O2. The summed E-state index contributed by atoms with van der Waals surface area (Å²) in [4.78, 5) is 23.9. The first kappa shape index (κ1) is 17.7. The number of anilines is 1. The molecule has 2 rings (SSSR count). The van der Waals surface area contributed by atoms with Crippen molar-refractivity contribution in [1.82, 2.24) is 5.32 Å². The number of aryl methyl sites for hydroxylation is 1. The highest BCUT2D eigenvalue weighted by Crippen LogP contribution is 2.11. The molecular weight excluding hydrogens is 300 g/mol. The molecule has 0 bridgehead atoms. The van der Waals surface area contributed by atoms with Crippen LogP contribution in [0.5, 0.6) is 0 Å². The highest BCUT2D eigenvalue weighted by atomic mass is 16.2. The third-order valence-corrected chi connectivity index (χ3v) is 3.73. The van der Waals surface area contributed by atoms with E-state index in [2.05, 4.69) is 17.6 Å². The van der Waals surface area contributed by atoms with E-state index in [4.69, 9.17) is 0 Å². The fraction of sp³-hybridized carbons (Fsp3) is 0.300. The first-order valence-corrected chi connectivity index (χ1v) is 8.41. The van der Waals surface area contributed by atoms with Gasteiger partial charge in [0.2, 0.25) is 5.91 Å². The molecule has 0 saturated carbocycles. The zero-order valence-electron chi connectivity index (χ0n) is 14.0. The lowest BCUT2D eigenvalue weighted by molar-refractivity contribution is -0.116. The average Bonchev–Trinajstić information content (AvgIpc) is 2.61. The molecule has 0 saturated heterocycles. The normalized spacial score (nSPS) is 10.2. The quantitative estimate of drug-likeness (QED) is 0.726. The van der Waals surface area contributed by atoms with E-state index in [1.54, 1.807) is 24.3 Å². The molecule has 126 valence electrons. The van der Waals surface area contributed by atoms with Crippen LogP contribution in [0.15, 0.2) is 54.6 Å². The van der Waals surface area contributed by atoms with Crippen LogP contribution >= 0.6 is 0 Å². The third-order valence-electron chi connectivity index (χ3n) is 3.73. The molecule has 0 aliphatic rings. The van der Waals surface area contributed by atoms with Gasteiger partial charge in [-0.05, 0) is 42.7 Å². The van der Waals surface area contributed by atoms with Gasteiger partial charge in [0.1, 0.15) is 0 Å². The summed E-state index contributed by atoms with van der Waals surface area (Å²) in [5.74, 6) is -0.107. The molecule has 2 amide bonds. The molecule has 0 fully saturated rings. The summed E-state index contributed by atoms with van der Waals surface area (Å²) in [5, 5.41) is 5.73. The Morgan fingerprint density at radius 1 is 0.958 bits per heavy atom. The maximum absolute atomic E-state index is 12.0. The van der Waals surface area contributed by atoms with E-state index in [0.29, 0.717) is 30.6 Å². The molecule has 0 aliphatic carbocycles. The zero-order chi connectivity index (χ0) is 17.2. The molecule has 0 aromatic heterocycles. The van der Waals surface area contributed by atoms with E-state index >= 15 is 0 Å². The van der Waals surface area contributed by atoms with E-state index in [0.717, 1.165) is 18.4 Å². The van der Waals surface area contributed by atoms with Crippen molar-refractivity contribution in [2.24, 2.45) is 0 Å². The fourth-order valence-corrected chi connectivity index (χ4v) is 2.31. The molecule has 0 spiro atoms. The molecule has 0 atom stereocenters. The number of hydrogen-bond donors (Lipinski definition) is 2. The van der Waals surface area contributed by atoms with Gasteiger partial charge >= 0.3 is 0 Å². The number of carbonyl (C=O) groups excluding carboxylic acids is 2. The summed E-state index contributed by atoms with van der Waals surface area (Å²) in [6.07, 6.45) is 3.17. The first-order chi connectivity index (χ1) is 11.7. The summed E-state index contributed by atoms with van der Waals surface area (Å²) >= 11 is 0. The lowest BCUT2D eigenvalue weighted by Crippen LogP contribution is -2.24. The molecule has 0 unspecified atom stereocenters. The molecule has 0 heterocycles. The van der Waals surface area contributed by atoms with E-state index in [9.17, 15) is 9.59 Å². The summed E-state index contributed by atoms with van der Waals surface area (Å²) < 4.78 is 0. The molecule has 4 nitrogen and oxygen atoms in total. The van der Waals surface area contributed by atoms with Crippen LogP contribution in [-0.4, -0.2) is 18.4 Å². The summed E-state index contributed by atoms with van der Waals surface area (Å²) in [6.45, 7) is 2.77. The van der Waals surface area contributed by atoms with Crippen LogP contribution in [0.4, 0.5) is 5.69 Å². The molecule has 0 radical (unpaired) electrons. The lowest BCUT2D eigenvalue weighted by Gasteiger charge is -2.07. The smallest absolute Gasteiger partial charge is 0.251 e. The van der Waals surface area contributed by atoms with Crippen LogP contribution in [0.25, 0.3) is 0 Å². The minimum absolute atomic E-state index is 0.0287. The molecule has 4 heteroatoms. The van der Waals surface area contributed by atoms with Crippen LogP contribution in [-0.2, 0) is 11.2 Å². The Kier molecular flexibility index (Phi) is 7.02. The van der Waals surface area contributed by atoms with Crippen molar-refractivity contribution in [3.63, 3.8) is 0 Å². The van der Waals surface area contributed by atoms with E-state index < -0.39 is 0 Å². The molecule has 0 aliphatic heterocycles. The molecule has 2 aromatic carbocycles. The Labute approximate surface area is 143 Å². The average molecular weight is 324 g/mol. The van der Waals surface area contributed by atoms with Crippen LogP contribution in [0.1, 0.15) is 42.1 Å². The summed E-state index contributed by atoms with van der Waals surface area (Å²) in [7, 11) is 0. The first-order valence-electron chi connectivity index (χ1n) is 8.41. The van der Waals surface area contributed by atoms with Crippen molar-refractivity contribution in [2.45, 2.75) is 32.6 Å². The Morgan fingerprint density at radius 2 is 1.67 bits per heavy atom. The Morgan fingerprint density at radius 3 is 2.33 bits per heavy atom. The second kappa shape index (κ2) is 9.50. The topological polar surface area (TPSA) is 58.2 Å². The Bertz CT molecular complexity index is 651. The van der Waals surface area contributed by atoms with Gasteiger partial charge in [0, 0.05) is 24.2 Å². The van der Waals surface area contributed by atoms with Crippen molar-refractivity contribution in [3.8, 4) is 0 Å². The number of benzene rings is 2. The van der Waals surface area contributed by atoms with Crippen molar-refractivity contribution < 1.29 is 9.59 Å². The largest absolute Gasteiger partial charge is 0.352 e. The Balaban J connectivity index is 1.80. The SMILES string of the molecule is CCCCNC(=O)c1ccc(NC(=O)CCc2ccccc2)cc1. The molecule has 24 heavy (non-hydrogen) atoms. The van der Waals surface area contributed by atoms with Gasteiger partial charge in [-0.1, -0.05) is 43.7 Å². The number of unbranched alkanes of at least 4 members (excludes halogenated alkanes) is 1. The van der Waals surface area contributed by atoms with Crippen molar-refractivity contribution in [2.75, 3.05) is 11.9 Å². The monoisotopic (exact) mass is 324 g/mol. The van der Waals surface area contributed by atoms with Gasteiger partial charge in [-0.3, -0.25) is 9.59 Å². The standard InChI is InChI=1S/C20H24N2O2/c1-2-3-15-21-20(24)17-10-12-18(13-11-17)22-19(23)14-9-16-7-5-4-6-8-16/h4-8,10-13H,2-3,9,14-15H2,1H3,(H,21,24)(H,22,23). The van der Waals surface area contributed by atoms with Gasteiger partial charge in [0.05, 0.1) is 0 Å². The zero-order valence-corrected chi connectivity index (χ0v) is 14.0. The number of hydrogen-bond acceptors (Lipinski definition) is 2. The minimum Gasteiger partial charge on any atom is -0.352 e. The van der Waals surface area contributed by atoms with Crippen LogP contribution in [0, 0.1) is 0 Å². The highest BCUT2D eigenvalue weighted by Gasteiger charge is 2.06. The van der Waals surface area contributed by atoms with Crippen LogP contribution in [0.2, 0.25) is 0 Å². The molecule has 2 aromatic rings. The number of rotatable bonds is 8. The maximum Gasteiger partial charge on any atom is 0.251 e. The predicted octanol–water partition coefficient (Wildman–Crippen LogP) is 3.79. The summed E-state index contributed by atoms with van der Waals surface area (Å²) in [6, 6.07) is 16.9. The highest BCUT2D eigenvalue weighted by molar-refractivity contribution is 5.95. The van der Waals surface area contributed by atoms with Gasteiger partial charge in [-0.2, -0.15) is 0 Å². The van der Waals surface area contributed by atoms with Gasteiger partial charge < -0.3 is 10.6 Å². The van der Waals surface area contributed by atoms with Crippen molar-refractivity contribution >= 4 is 17.5 Å². The minimum atomic E-state index is -0.0783.